The fourth-order valence-corrected chi connectivity index (χ4v) is 3.75. The molecule has 2 rings (SSSR count). The molecule has 0 radical (unpaired) electrons. The summed E-state index contributed by atoms with van der Waals surface area (Å²) in [5.41, 5.74) is 0.631. The highest BCUT2D eigenvalue weighted by molar-refractivity contribution is 5.87. The van der Waals surface area contributed by atoms with Gasteiger partial charge in [0.15, 0.2) is 0 Å². The Morgan fingerprint density at radius 3 is 2.78 bits per heavy atom. The minimum Gasteiger partial charge on any atom is -0.462 e. The predicted octanol–water partition coefficient (Wildman–Crippen LogP) is 3.96. The van der Waals surface area contributed by atoms with Gasteiger partial charge < -0.3 is 4.74 Å². The van der Waals surface area contributed by atoms with Gasteiger partial charge in [0, 0.05) is 5.57 Å². The molecule has 18 heavy (non-hydrogen) atoms. The van der Waals surface area contributed by atoms with Crippen molar-refractivity contribution in [1.29, 1.82) is 0 Å². The SMILES string of the molecule is C=C(CC(C)C)C(=O)OCC1CCC2CCCC21. The molecule has 0 amide bonds. The summed E-state index contributed by atoms with van der Waals surface area (Å²) < 4.78 is 5.46. The molecule has 0 aromatic rings. The molecule has 0 aliphatic heterocycles. The summed E-state index contributed by atoms with van der Waals surface area (Å²) in [5.74, 6) is 2.66. The quantitative estimate of drug-likeness (QED) is 0.545. The molecule has 3 unspecified atom stereocenters. The number of rotatable bonds is 5. The number of carbonyl (C=O) groups is 1. The average Bonchev–Trinajstić information content (AvgIpc) is 2.87. The fraction of sp³-hybridized carbons (Fsp3) is 0.812. The van der Waals surface area contributed by atoms with Gasteiger partial charge in [-0.15, -0.1) is 0 Å². The van der Waals surface area contributed by atoms with E-state index in [2.05, 4.69) is 20.4 Å². The Bertz CT molecular complexity index is 319. The topological polar surface area (TPSA) is 26.3 Å². The van der Waals surface area contributed by atoms with Crippen LogP contribution in [0.25, 0.3) is 0 Å². The molecule has 0 aromatic heterocycles. The predicted molar refractivity (Wildman–Crippen MR) is 73.1 cm³/mol. The lowest BCUT2D eigenvalue weighted by Crippen LogP contribution is -2.19. The molecular formula is C16H26O2. The standard InChI is InChI=1S/C16H26O2/c1-11(2)9-12(3)16(17)18-10-14-8-7-13-5-4-6-15(13)14/h11,13-15H,3-10H2,1-2H3. The average molecular weight is 250 g/mol. The number of hydrogen-bond donors (Lipinski definition) is 0. The maximum atomic E-state index is 11.8. The van der Waals surface area contributed by atoms with Crippen LogP contribution in [0.3, 0.4) is 0 Å². The normalized spacial score (nSPS) is 30.5. The molecule has 2 aliphatic rings. The molecule has 2 aliphatic carbocycles. The minimum atomic E-state index is -0.176. The highest BCUT2D eigenvalue weighted by Gasteiger charge is 2.39. The van der Waals surface area contributed by atoms with Gasteiger partial charge in [0.2, 0.25) is 0 Å². The van der Waals surface area contributed by atoms with Crippen molar-refractivity contribution in [3.63, 3.8) is 0 Å². The number of carbonyl (C=O) groups excluding carboxylic acids is 1. The number of esters is 1. The molecule has 0 heterocycles. The van der Waals surface area contributed by atoms with E-state index in [-0.39, 0.29) is 5.97 Å². The molecule has 0 bridgehead atoms. The Morgan fingerprint density at radius 2 is 2.06 bits per heavy atom. The van der Waals surface area contributed by atoms with Gasteiger partial charge in [-0.2, -0.15) is 0 Å². The van der Waals surface area contributed by atoms with E-state index in [1.807, 2.05) is 0 Å². The van der Waals surface area contributed by atoms with E-state index in [1.54, 1.807) is 0 Å². The summed E-state index contributed by atoms with van der Waals surface area (Å²) in [6.07, 6.45) is 7.46. The highest BCUT2D eigenvalue weighted by atomic mass is 16.5. The van der Waals surface area contributed by atoms with E-state index in [0.29, 0.717) is 24.0 Å². The van der Waals surface area contributed by atoms with Crippen molar-refractivity contribution in [1.82, 2.24) is 0 Å². The second-order valence-electron chi connectivity index (χ2n) is 6.49. The maximum absolute atomic E-state index is 11.8. The zero-order valence-electron chi connectivity index (χ0n) is 11.8. The molecule has 3 atom stereocenters. The van der Waals surface area contributed by atoms with E-state index in [4.69, 9.17) is 4.74 Å². The van der Waals surface area contributed by atoms with Gasteiger partial charge in [0.05, 0.1) is 6.61 Å². The van der Waals surface area contributed by atoms with Gasteiger partial charge in [-0.3, -0.25) is 0 Å². The van der Waals surface area contributed by atoms with E-state index >= 15 is 0 Å². The van der Waals surface area contributed by atoms with Crippen molar-refractivity contribution in [2.45, 2.75) is 52.4 Å². The highest BCUT2D eigenvalue weighted by Crippen LogP contribution is 2.47. The Kier molecular flexibility index (Phi) is 4.47. The third-order valence-corrected chi connectivity index (χ3v) is 4.60. The van der Waals surface area contributed by atoms with Gasteiger partial charge >= 0.3 is 5.97 Å². The van der Waals surface area contributed by atoms with Crippen LogP contribution in [0.1, 0.15) is 52.4 Å². The number of hydrogen-bond acceptors (Lipinski definition) is 2. The first-order valence-corrected chi connectivity index (χ1v) is 7.42. The number of fused-ring (bicyclic) bond motifs is 1. The minimum absolute atomic E-state index is 0.176. The molecule has 2 nitrogen and oxygen atoms in total. The third kappa shape index (κ3) is 3.15. The van der Waals surface area contributed by atoms with E-state index in [0.717, 1.165) is 18.3 Å². The van der Waals surface area contributed by atoms with Gasteiger partial charge in [0.25, 0.3) is 0 Å². The van der Waals surface area contributed by atoms with Crippen molar-refractivity contribution >= 4 is 5.97 Å². The first-order valence-electron chi connectivity index (χ1n) is 7.42. The summed E-state index contributed by atoms with van der Waals surface area (Å²) in [5, 5.41) is 0. The largest absolute Gasteiger partial charge is 0.462 e. The van der Waals surface area contributed by atoms with Crippen molar-refractivity contribution in [3.05, 3.63) is 12.2 Å². The third-order valence-electron chi connectivity index (χ3n) is 4.60. The summed E-state index contributed by atoms with van der Waals surface area (Å²) in [4.78, 5) is 11.8. The summed E-state index contributed by atoms with van der Waals surface area (Å²) >= 11 is 0. The summed E-state index contributed by atoms with van der Waals surface area (Å²) in [7, 11) is 0. The summed E-state index contributed by atoms with van der Waals surface area (Å²) in [6.45, 7) is 8.65. The molecule has 102 valence electrons. The van der Waals surface area contributed by atoms with Crippen LogP contribution in [-0.4, -0.2) is 12.6 Å². The van der Waals surface area contributed by atoms with E-state index in [1.165, 1.54) is 32.1 Å². The van der Waals surface area contributed by atoms with Gasteiger partial charge in [0.1, 0.15) is 0 Å². The molecule has 2 heteroatoms. The first-order chi connectivity index (χ1) is 8.58. The van der Waals surface area contributed by atoms with Crippen molar-refractivity contribution in [3.8, 4) is 0 Å². The van der Waals surface area contributed by atoms with Crippen molar-refractivity contribution < 1.29 is 9.53 Å². The second-order valence-corrected chi connectivity index (χ2v) is 6.49. The molecule has 0 aromatic carbocycles. The Hall–Kier alpha value is -0.790. The monoisotopic (exact) mass is 250 g/mol. The van der Waals surface area contributed by atoms with Gasteiger partial charge in [-0.1, -0.05) is 33.3 Å². The van der Waals surface area contributed by atoms with Crippen molar-refractivity contribution in [2.24, 2.45) is 23.7 Å². The first kappa shape index (κ1) is 13.6. The van der Waals surface area contributed by atoms with Gasteiger partial charge in [-0.05, 0) is 49.4 Å². The van der Waals surface area contributed by atoms with E-state index in [9.17, 15) is 4.79 Å². The Labute approximate surface area is 111 Å². The van der Waals surface area contributed by atoms with Crippen LogP contribution >= 0.6 is 0 Å². The molecule has 2 fully saturated rings. The lowest BCUT2D eigenvalue weighted by molar-refractivity contribution is -0.141. The van der Waals surface area contributed by atoms with Crippen LogP contribution in [0, 0.1) is 23.7 Å². The Balaban J connectivity index is 1.74. The smallest absolute Gasteiger partial charge is 0.333 e. The fourth-order valence-electron chi connectivity index (χ4n) is 3.75. The van der Waals surface area contributed by atoms with Crippen LogP contribution in [0.15, 0.2) is 12.2 Å². The number of ether oxygens (including phenoxy) is 1. The zero-order valence-corrected chi connectivity index (χ0v) is 11.8. The maximum Gasteiger partial charge on any atom is 0.333 e. The molecule has 0 N–H and O–H groups in total. The van der Waals surface area contributed by atoms with Crippen molar-refractivity contribution in [2.75, 3.05) is 6.61 Å². The van der Waals surface area contributed by atoms with Gasteiger partial charge in [-0.25, -0.2) is 4.79 Å². The lowest BCUT2D eigenvalue weighted by atomic mass is 9.93. The lowest BCUT2D eigenvalue weighted by Gasteiger charge is -2.18. The van der Waals surface area contributed by atoms with Crippen LogP contribution in [0.2, 0.25) is 0 Å². The van der Waals surface area contributed by atoms with Crippen LogP contribution in [-0.2, 0) is 9.53 Å². The molecular weight excluding hydrogens is 224 g/mol. The van der Waals surface area contributed by atoms with Crippen LogP contribution in [0.4, 0.5) is 0 Å². The molecule has 0 spiro atoms. The zero-order chi connectivity index (χ0) is 13.1. The van der Waals surface area contributed by atoms with Crippen LogP contribution in [0.5, 0.6) is 0 Å². The van der Waals surface area contributed by atoms with Crippen LogP contribution < -0.4 is 0 Å². The van der Waals surface area contributed by atoms with E-state index < -0.39 is 0 Å². The second kappa shape index (κ2) is 5.90. The summed E-state index contributed by atoms with van der Waals surface area (Å²) in [6, 6.07) is 0. The molecule has 2 saturated carbocycles. The Morgan fingerprint density at radius 1 is 1.28 bits per heavy atom. The molecule has 0 saturated heterocycles.